The second-order valence-corrected chi connectivity index (χ2v) is 6.77. The van der Waals surface area contributed by atoms with Crippen LogP contribution in [0.2, 0.25) is 0 Å². The molecular formula is C18H21N3O2. The van der Waals surface area contributed by atoms with Crippen molar-refractivity contribution in [3.05, 3.63) is 35.0 Å². The summed E-state index contributed by atoms with van der Waals surface area (Å²) in [4.78, 5) is 29.3. The van der Waals surface area contributed by atoms with Crippen LogP contribution in [0.5, 0.6) is 0 Å². The van der Waals surface area contributed by atoms with Crippen molar-refractivity contribution < 1.29 is 9.59 Å². The Morgan fingerprint density at radius 1 is 1.35 bits per heavy atom. The van der Waals surface area contributed by atoms with E-state index in [4.69, 9.17) is 0 Å². The number of benzene rings is 1. The minimum atomic E-state index is -0.0847. The van der Waals surface area contributed by atoms with Crippen LogP contribution in [0.4, 0.5) is 0 Å². The molecule has 1 fully saturated rings. The van der Waals surface area contributed by atoms with Gasteiger partial charge in [0.25, 0.3) is 5.91 Å². The predicted octanol–water partition coefficient (Wildman–Crippen LogP) is 1.86. The summed E-state index contributed by atoms with van der Waals surface area (Å²) < 4.78 is 0. The van der Waals surface area contributed by atoms with Crippen molar-refractivity contribution in [3.8, 4) is 0 Å². The van der Waals surface area contributed by atoms with E-state index in [2.05, 4.69) is 17.2 Å². The van der Waals surface area contributed by atoms with E-state index in [1.165, 1.54) is 23.1 Å². The first-order valence-electron chi connectivity index (χ1n) is 8.31. The molecule has 0 bridgehead atoms. The second-order valence-electron chi connectivity index (χ2n) is 6.77. The van der Waals surface area contributed by atoms with Crippen molar-refractivity contribution in [1.82, 2.24) is 15.2 Å². The highest BCUT2D eigenvalue weighted by Gasteiger charge is 2.24. The van der Waals surface area contributed by atoms with Crippen LogP contribution < -0.4 is 5.32 Å². The highest BCUT2D eigenvalue weighted by molar-refractivity contribution is 6.00. The summed E-state index contributed by atoms with van der Waals surface area (Å²) in [7, 11) is 0. The van der Waals surface area contributed by atoms with Crippen molar-refractivity contribution in [2.75, 3.05) is 19.6 Å². The molecule has 1 aromatic carbocycles. The molecule has 5 heteroatoms. The van der Waals surface area contributed by atoms with Gasteiger partial charge in [-0.1, -0.05) is 6.92 Å². The zero-order valence-electron chi connectivity index (χ0n) is 13.3. The molecule has 2 N–H and O–H groups in total. The Bertz CT molecular complexity index is 793. The minimum Gasteiger partial charge on any atom is -0.358 e. The number of aromatic amines is 1. The Labute approximate surface area is 135 Å². The zero-order chi connectivity index (χ0) is 16.0. The number of amides is 2. The first-order valence-corrected chi connectivity index (χ1v) is 8.31. The Kier molecular flexibility index (Phi) is 3.36. The van der Waals surface area contributed by atoms with Gasteiger partial charge in [0.2, 0.25) is 5.91 Å². The molecule has 1 aliphatic heterocycles. The SMILES string of the molecule is CC1CCc2[nH]c3ccc(C(=O)N4CCNC(=O)C4)cc3c2C1. The summed E-state index contributed by atoms with van der Waals surface area (Å²) >= 11 is 0. The predicted molar refractivity (Wildman–Crippen MR) is 88.4 cm³/mol. The maximum Gasteiger partial charge on any atom is 0.254 e. The number of fused-ring (bicyclic) bond motifs is 3. The Morgan fingerprint density at radius 3 is 3.04 bits per heavy atom. The minimum absolute atomic E-state index is 0.0550. The van der Waals surface area contributed by atoms with E-state index in [0.717, 1.165) is 18.4 Å². The fourth-order valence-electron chi connectivity index (χ4n) is 3.72. The molecule has 2 aromatic rings. The molecule has 1 aliphatic carbocycles. The number of aromatic nitrogens is 1. The number of nitrogens with zero attached hydrogens (tertiary/aromatic N) is 1. The van der Waals surface area contributed by atoms with E-state index in [1.54, 1.807) is 4.90 Å². The summed E-state index contributed by atoms with van der Waals surface area (Å²) in [6, 6.07) is 5.86. The molecule has 1 atom stereocenters. The van der Waals surface area contributed by atoms with Gasteiger partial charge in [0.1, 0.15) is 0 Å². The number of aryl methyl sites for hydroxylation is 1. The highest BCUT2D eigenvalue weighted by Crippen LogP contribution is 2.32. The van der Waals surface area contributed by atoms with Gasteiger partial charge in [0, 0.05) is 35.2 Å². The molecule has 5 nitrogen and oxygen atoms in total. The number of nitrogens with one attached hydrogen (secondary N) is 2. The molecule has 0 spiro atoms. The molecule has 2 heterocycles. The maximum atomic E-state index is 12.7. The molecule has 2 amide bonds. The fourth-order valence-corrected chi connectivity index (χ4v) is 3.72. The third-order valence-corrected chi connectivity index (χ3v) is 5.01. The third-order valence-electron chi connectivity index (χ3n) is 5.01. The number of hydrogen-bond donors (Lipinski definition) is 2. The van der Waals surface area contributed by atoms with Crippen LogP contribution >= 0.6 is 0 Å². The lowest BCUT2D eigenvalue weighted by molar-refractivity contribution is -0.123. The van der Waals surface area contributed by atoms with Crippen LogP contribution in [0.25, 0.3) is 10.9 Å². The van der Waals surface area contributed by atoms with Crippen LogP contribution in [0, 0.1) is 5.92 Å². The summed E-state index contributed by atoms with van der Waals surface area (Å²) in [5.41, 5.74) is 4.47. The van der Waals surface area contributed by atoms with Gasteiger partial charge < -0.3 is 15.2 Å². The van der Waals surface area contributed by atoms with Crippen LogP contribution in [0.15, 0.2) is 18.2 Å². The summed E-state index contributed by atoms with van der Waals surface area (Å²) in [6.45, 7) is 3.54. The monoisotopic (exact) mass is 311 g/mol. The molecule has 1 unspecified atom stereocenters. The topological polar surface area (TPSA) is 65.2 Å². The number of H-pyrrole nitrogens is 1. The molecule has 0 saturated carbocycles. The molecule has 1 saturated heterocycles. The average molecular weight is 311 g/mol. The van der Waals surface area contributed by atoms with Crippen molar-refractivity contribution in [3.63, 3.8) is 0 Å². The Hall–Kier alpha value is -2.30. The fraction of sp³-hybridized carbons (Fsp3) is 0.444. The molecule has 120 valence electrons. The second kappa shape index (κ2) is 5.41. The van der Waals surface area contributed by atoms with Crippen molar-refractivity contribution in [2.45, 2.75) is 26.2 Å². The quantitative estimate of drug-likeness (QED) is 0.844. The van der Waals surface area contributed by atoms with E-state index in [0.29, 0.717) is 24.6 Å². The van der Waals surface area contributed by atoms with Crippen LogP contribution in [-0.4, -0.2) is 41.3 Å². The van der Waals surface area contributed by atoms with Gasteiger partial charge in [-0.15, -0.1) is 0 Å². The molecule has 23 heavy (non-hydrogen) atoms. The van der Waals surface area contributed by atoms with Crippen molar-refractivity contribution in [1.29, 1.82) is 0 Å². The lowest BCUT2D eigenvalue weighted by Gasteiger charge is -2.26. The molecule has 2 aliphatic rings. The van der Waals surface area contributed by atoms with Crippen LogP contribution in [-0.2, 0) is 17.6 Å². The van der Waals surface area contributed by atoms with E-state index < -0.39 is 0 Å². The molecule has 0 radical (unpaired) electrons. The van der Waals surface area contributed by atoms with E-state index in [1.807, 2.05) is 18.2 Å². The zero-order valence-corrected chi connectivity index (χ0v) is 13.3. The molecule has 4 rings (SSSR count). The van der Waals surface area contributed by atoms with Gasteiger partial charge >= 0.3 is 0 Å². The normalized spacial score (nSPS) is 21.2. The van der Waals surface area contributed by atoms with E-state index in [-0.39, 0.29) is 18.4 Å². The number of piperazine rings is 1. The van der Waals surface area contributed by atoms with Crippen molar-refractivity contribution in [2.24, 2.45) is 5.92 Å². The largest absolute Gasteiger partial charge is 0.358 e. The number of hydrogen-bond acceptors (Lipinski definition) is 2. The van der Waals surface area contributed by atoms with Gasteiger partial charge in [-0.25, -0.2) is 0 Å². The molecule has 1 aromatic heterocycles. The van der Waals surface area contributed by atoms with E-state index in [9.17, 15) is 9.59 Å². The Morgan fingerprint density at radius 2 is 2.22 bits per heavy atom. The summed E-state index contributed by atoms with van der Waals surface area (Å²) in [5.74, 6) is 0.547. The van der Waals surface area contributed by atoms with Gasteiger partial charge in [0.05, 0.1) is 6.54 Å². The van der Waals surface area contributed by atoms with Crippen LogP contribution in [0.3, 0.4) is 0 Å². The summed E-state index contributed by atoms with van der Waals surface area (Å²) in [6.07, 6.45) is 3.37. The number of carbonyl (C=O) groups excluding carboxylic acids is 2. The first-order chi connectivity index (χ1) is 11.1. The Balaban J connectivity index is 1.69. The van der Waals surface area contributed by atoms with Gasteiger partial charge in [-0.3, -0.25) is 9.59 Å². The third kappa shape index (κ3) is 2.50. The lowest BCUT2D eigenvalue weighted by atomic mass is 9.87. The molecular weight excluding hydrogens is 290 g/mol. The van der Waals surface area contributed by atoms with E-state index >= 15 is 0 Å². The standard InChI is InChI=1S/C18H21N3O2/c1-11-2-4-15-13(8-11)14-9-12(3-5-16(14)20-15)18(23)21-7-6-19-17(22)10-21/h3,5,9,11,20H,2,4,6-8,10H2,1H3,(H,19,22). The summed E-state index contributed by atoms with van der Waals surface area (Å²) in [5, 5.41) is 3.92. The smallest absolute Gasteiger partial charge is 0.254 e. The first kappa shape index (κ1) is 14.3. The van der Waals surface area contributed by atoms with Gasteiger partial charge in [-0.2, -0.15) is 0 Å². The number of rotatable bonds is 1. The average Bonchev–Trinajstić information content (AvgIpc) is 2.91. The van der Waals surface area contributed by atoms with Crippen LogP contribution in [0.1, 0.15) is 35.0 Å². The highest BCUT2D eigenvalue weighted by atomic mass is 16.2. The van der Waals surface area contributed by atoms with Crippen molar-refractivity contribution >= 4 is 22.7 Å². The lowest BCUT2D eigenvalue weighted by Crippen LogP contribution is -2.49. The van der Waals surface area contributed by atoms with Gasteiger partial charge in [0.15, 0.2) is 0 Å². The maximum absolute atomic E-state index is 12.7. The van der Waals surface area contributed by atoms with Gasteiger partial charge in [-0.05, 0) is 48.9 Å². The number of carbonyl (C=O) groups is 2.